The zero-order valence-corrected chi connectivity index (χ0v) is 14.9. The number of hydrogen-bond acceptors (Lipinski definition) is 4. The predicted molar refractivity (Wildman–Crippen MR) is 92.0 cm³/mol. The number of thioether (sulfide) groups is 1. The van der Waals surface area contributed by atoms with Gasteiger partial charge in [0.1, 0.15) is 11.3 Å². The lowest BCUT2D eigenvalue weighted by molar-refractivity contribution is -0.139. The minimum atomic E-state index is -4.51. The molecule has 0 aliphatic heterocycles. The van der Waals surface area contributed by atoms with Gasteiger partial charge in [-0.25, -0.2) is 0 Å². The molecular weight excluding hydrogens is 353 g/mol. The van der Waals surface area contributed by atoms with Gasteiger partial charge in [0.05, 0.1) is 11.3 Å². The van der Waals surface area contributed by atoms with E-state index in [-0.39, 0.29) is 33.2 Å². The smallest absolute Gasteiger partial charge is 0.417 e. The first-order valence-corrected chi connectivity index (χ1v) is 8.85. The van der Waals surface area contributed by atoms with Crippen molar-refractivity contribution in [2.24, 2.45) is 5.92 Å². The van der Waals surface area contributed by atoms with Gasteiger partial charge in [0.15, 0.2) is 0 Å². The number of hydrogen-bond donors (Lipinski definition) is 3. The normalized spacial score (nSPS) is 15.6. The van der Waals surface area contributed by atoms with Crippen LogP contribution in [0.15, 0.2) is 22.6 Å². The number of rotatable bonds is 5. The van der Waals surface area contributed by atoms with Crippen LogP contribution in [-0.2, 0) is 11.0 Å². The summed E-state index contributed by atoms with van der Waals surface area (Å²) < 4.78 is 39.4. The van der Waals surface area contributed by atoms with Crippen molar-refractivity contribution in [1.82, 2.24) is 5.32 Å². The molecule has 3 N–H and O–H groups in total. The van der Waals surface area contributed by atoms with Crippen molar-refractivity contribution in [3.05, 3.63) is 34.4 Å². The summed E-state index contributed by atoms with van der Waals surface area (Å²) in [7, 11) is 1.38. The molecule has 1 saturated carbocycles. The van der Waals surface area contributed by atoms with Gasteiger partial charge in [0.25, 0.3) is 5.91 Å². The number of aliphatic hydroxyl groups excluding tert-OH is 1. The van der Waals surface area contributed by atoms with Crippen molar-refractivity contribution in [1.29, 1.82) is 5.41 Å². The molecule has 25 heavy (non-hydrogen) atoms. The topological polar surface area (TPSA) is 73.2 Å². The standard InChI is InChI=1S/C17H19F3N2O2S/c1-8-10(6-7-11(15(8)25-3)17(18,19)20)14(23)12(16(24)22-2)13(21)9-4-5-9/h6-7,9,21,23H,4-5H2,1-3H3,(H,22,24). The Labute approximate surface area is 148 Å². The van der Waals surface area contributed by atoms with Crippen LogP contribution in [0.1, 0.15) is 29.5 Å². The molecule has 1 aromatic carbocycles. The van der Waals surface area contributed by atoms with Crippen LogP contribution >= 0.6 is 11.8 Å². The number of alkyl halides is 3. The second kappa shape index (κ2) is 7.11. The second-order valence-corrected chi connectivity index (χ2v) is 6.62. The van der Waals surface area contributed by atoms with Crippen LogP contribution in [0.2, 0.25) is 0 Å². The molecule has 136 valence electrons. The Morgan fingerprint density at radius 2 is 1.96 bits per heavy atom. The minimum absolute atomic E-state index is 0.00856. The van der Waals surface area contributed by atoms with E-state index in [0.717, 1.165) is 36.7 Å². The van der Waals surface area contributed by atoms with Crippen molar-refractivity contribution in [3.8, 4) is 0 Å². The van der Waals surface area contributed by atoms with E-state index in [0.29, 0.717) is 0 Å². The quantitative estimate of drug-likeness (QED) is 0.314. The first-order chi connectivity index (χ1) is 11.6. The Morgan fingerprint density at radius 3 is 2.40 bits per heavy atom. The fourth-order valence-corrected chi connectivity index (χ4v) is 3.45. The van der Waals surface area contributed by atoms with Crippen molar-refractivity contribution in [3.63, 3.8) is 0 Å². The van der Waals surface area contributed by atoms with Gasteiger partial charge in [-0.3, -0.25) is 4.79 Å². The van der Waals surface area contributed by atoms with E-state index in [9.17, 15) is 23.1 Å². The summed E-state index contributed by atoms with van der Waals surface area (Å²) >= 11 is 0.925. The molecule has 0 bridgehead atoms. The fraction of sp³-hybridized carbons (Fsp3) is 0.412. The Hall–Kier alpha value is -1.96. The Bertz CT molecular complexity index is 753. The monoisotopic (exact) mass is 372 g/mol. The molecule has 1 amide bonds. The summed E-state index contributed by atoms with van der Waals surface area (Å²) in [5, 5.41) is 21.1. The van der Waals surface area contributed by atoms with Gasteiger partial charge in [-0.15, -0.1) is 11.8 Å². The van der Waals surface area contributed by atoms with Gasteiger partial charge in [-0.05, 0) is 37.7 Å². The molecule has 0 heterocycles. The van der Waals surface area contributed by atoms with E-state index < -0.39 is 23.4 Å². The number of benzene rings is 1. The third-order valence-corrected chi connectivity index (χ3v) is 5.05. The first-order valence-electron chi connectivity index (χ1n) is 7.62. The highest BCUT2D eigenvalue weighted by Gasteiger charge is 2.36. The number of aliphatic hydroxyl groups is 1. The maximum atomic E-state index is 13.1. The van der Waals surface area contributed by atoms with Gasteiger partial charge in [0, 0.05) is 23.4 Å². The first kappa shape index (κ1) is 19.4. The molecule has 1 aromatic rings. The summed E-state index contributed by atoms with van der Waals surface area (Å²) in [5.74, 6) is -1.18. The molecule has 0 aromatic heterocycles. The summed E-state index contributed by atoms with van der Waals surface area (Å²) in [4.78, 5) is 12.1. The van der Waals surface area contributed by atoms with Crippen LogP contribution in [0, 0.1) is 18.3 Å². The van der Waals surface area contributed by atoms with Crippen molar-refractivity contribution >= 4 is 29.1 Å². The largest absolute Gasteiger partial charge is 0.506 e. The number of halogens is 3. The molecule has 2 rings (SSSR count). The predicted octanol–water partition coefficient (Wildman–Crippen LogP) is 4.18. The van der Waals surface area contributed by atoms with Gasteiger partial charge in [-0.2, -0.15) is 13.2 Å². The molecule has 8 heteroatoms. The van der Waals surface area contributed by atoms with E-state index in [1.54, 1.807) is 0 Å². The summed E-state index contributed by atoms with van der Waals surface area (Å²) in [6.45, 7) is 1.47. The van der Waals surface area contributed by atoms with Gasteiger partial charge < -0.3 is 15.8 Å². The van der Waals surface area contributed by atoms with Crippen molar-refractivity contribution < 1.29 is 23.1 Å². The number of nitrogens with one attached hydrogen (secondary N) is 2. The lowest BCUT2D eigenvalue weighted by Gasteiger charge is -2.18. The zero-order chi connectivity index (χ0) is 18.9. The zero-order valence-electron chi connectivity index (χ0n) is 14.0. The highest BCUT2D eigenvalue weighted by Crippen LogP contribution is 2.41. The SMILES string of the molecule is CNC(=O)C(C(=N)C1CC1)=C(O)c1ccc(C(F)(F)F)c(SC)c1C. The molecule has 1 fully saturated rings. The lowest BCUT2D eigenvalue weighted by atomic mass is 9.96. The molecule has 0 saturated heterocycles. The maximum Gasteiger partial charge on any atom is 0.417 e. The molecule has 0 radical (unpaired) electrons. The van der Waals surface area contributed by atoms with Gasteiger partial charge in [-0.1, -0.05) is 6.07 Å². The fourth-order valence-electron chi connectivity index (χ4n) is 2.63. The average Bonchev–Trinajstić information content (AvgIpc) is 3.38. The van der Waals surface area contributed by atoms with Crippen LogP contribution in [0.4, 0.5) is 13.2 Å². The molecule has 4 nitrogen and oxygen atoms in total. The maximum absolute atomic E-state index is 13.1. The van der Waals surface area contributed by atoms with E-state index >= 15 is 0 Å². The van der Waals surface area contributed by atoms with Crippen LogP contribution in [0.25, 0.3) is 5.76 Å². The minimum Gasteiger partial charge on any atom is -0.506 e. The Balaban J connectivity index is 2.65. The van der Waals surface area contributed by atoms with Crippen LogP contribution < -0.4 is 5.32 Å². The van der Waals surface area contributed by atoms with Crippen molar-refractivity contribution in [2.45, 2.75) is 30.8 Å². The third kappa shape index (κ3) is 3.84. The van der Waals surface area contributed by atoms with Crippen LogP contribution in [0.5, 0.6) is 0 Å². The Kier molecular flexibility index (Phi) is 5.51. The molecule has 1 aliphatic carbocycles. The highest BCUT2D eigenvalue weighted by molar-refractivity contribution is 7.98. The average molecular weight is 372 g/mol. The second-order valence-electron chi connectivity index (χ2n) is 5.81. The van der Waals surface area contributed by atoms with Crippen LogP contribution in [0.3, 0.4) is 0 Å². The number of carbonyl (C=O) groups is 1. The number of carbonyl (C=O) groups excluding carboxylic acids is 1. The molecular formula is C17H19F3N2O2S. The van der Waals surface area contributed by atoms with E-state index in [2.05, 4.69) is 5.32 Å². The summed E-state index contributed by atoms with van der Waals surface area (Å²) in [5.41, 5.74) is -0.597. The molecule has 0 unspecified atom stereocenters. The number of likely N-dealkylation sites (N-methyl/N-ethyl adjacent to an activating group) is 1. The van der Waals surface area contributed by atoms with Gasteiger partial charge >= 0.3 is 6.18 Å². The third-order valence-electron chi connectivity index (χ3n) is 4.12. The highest BCUT2D eigenvalue weighted by atomic mass is 32.2. The van der Waals surface area contributed by atoms with Crippen LogP contribution in [-0.4, -0.2) is 30.0 Å². The molecule has 0 atom stereocenters. The van der Waals surface area contributed by atoms with E-state index in [1.165, 1.54) is 20.2 Å². The summed E-state index contributed by atoms with van der Waals surface area (Å²) in [6, 6.07) is 2.04. The van der Waals surface area contributed by atoms with E-state index in [4.69, 9.17) is 5.41 Å². The number of amides is 1. The Morgan fingerprint density at radius 1 is 1.36 bits per heavy atom. The lowest BCUT2D eigenvalue weighted by Crippen LogP contribution is -2.27. The molecule has 1 aliphatic rings. The van der Waals surface area contributed by atoms with Crippen molar-refractivity contribution in [2.75, 3.05) is 13.3 Å². The van der Waals surface area contributed by atoms with E-state index in [1.807, 2.05) is 0 Å². The van der Waals surface area contributed by atoms with Gasteiger partial charge in [0.2, 0.25) is 0 Å². The summed E-state index contributed by atoms with van der Waals surface area (Å²) in [6.07, 6.45) is -1.47. The molecule has 0 spiro atoms.